The van der Waals surface area contributed by atoms with Gasteiger partial charge in [-0.25, -0.2) is 0 Å². The average Bonchev–Trinajstić information content (AvgIpc) is 2.31. The highest BCUT2D eigenvalue weighted by molar-refractivity contribution is 7.99. The average molecular weight is 266 g/mol. The third kappa shape index (κ3) is 5.42. The van der Waals surface area contributed by atoms with Crippen LogP contribution in [-0.2, 0) is 6.54 Å². The molecule has 0 aliphatic heterocycles. The Bertz CT molecular complexity index is 346. The number of rotatable bonds is 7. The molecular formula is C15H26N2S. The molecule has 0 aliphatic rings. The molecule has 18 heavy (non-hydrogen) atoms. The van der Waals surface area contributed by atoms with E-state index in [0.29, 0.717) is 0 Å². The molecule has 0 amide bonds. The lowest BCUT2D eigenvalue weighted by Crippen LogP contribution is -2.46. The predicted octanol–water partition coefficient (Wildman–Crippen LogP) is 3.23. The van der Waals surface area contributed by atoms with E-state index in [-0.39, 0.29) is 5.54 Å². The summed E-state index contributed by atoms with van der Waals surface area (Å²) in [7, 11) is 4.19. The van der Waals surface area contributed by atoms with Crippen molar-refractivity contribution in [1.82, 2.24) is 10.2 Å². The third-order valence-electron chi connectivity index (χ3n) is 3.03. The molecule has 3 heteroatoms. The molecule has 0 bridgehead atoms. The summed E-state index contributed by atoms with van der Waals surface area (Å²) in [6.45, 7) is 8.68. The summed E-state index contributed by atoms with van der Waals surface area (Å²) in [6, 6.07) is 8.92. The summed E-state index contributed by atoms with van der Waals surface area (Å²) in [4.78, 5) is 3.72. The Balaban J connectivity index is 2.51. The van der Waals surface area contributed by atoms with Gasteiger partial charge in [0.15, 0.2) is 0 Å². The highest BCUT2D eigenvalue weighted by Crippen LogP contribution is 2.18. The van der Waals surface area contributed by atoms with Gasteiger partial charge >= 0.3 is 0 Å². The maximum atomic E-state index is 3.34. The molecular weight excluding hydrogens is 240 g/mol. The van der Waals surface area contributed by atoms with E-state index in [1.807, 2.05) is 18.8 Å². The van der Waals surface area contributed by atoms with Crippen LogP contribution >= 0.6 is 11.8 Å². The first kappa shape index (κ1) is 15.5. The summed E-state index contributed by atoms with van der Waals surface area (Å²) >= 11 is 1.89. The smallest absolute Gasteiger partial charge is 0.0249 e. The molecule has 0 saturated heterocycles. The van der Waals surface area contributed by atoms with Gasteiger partial charge in [-0.3, -0.25) is 0 Å². The van der Waals surface area contributed by atoms with Crippen LogP contribution in [0.15, 0.2) is 29.2 Å². The van der Waals surface area contributed by atoms with E-state index in [4.69, 9.17) is 0 Å². The number of hydrogen-bond acceptors (Lipinski definition) is 3. The van der Waals surface area contributed by atoms with Crippen molar-refractivity contribution in [3.63, 3.8) is 0 Å². The first-order valence-electron chi connectivity index (χ1n) is 6.56. The molecule has 102 valence electrons. The highest BCUT2D eigenvalue weighted by Gasteiger charge is 2.17. The van der Waals surface area contributed by atoms with Crippen molar-refractivity contribution in [2.24, 2.45) is 0 Å². The maximum Gasteiger partial charge on any atom is 0.0249 e. The van der Waals surface area contributed by atoms with Crippen LogP contribution in [0, 0.1) is 0 Å². The van der Waals surface area contributed by atoms with Gasteiger partial charge in [0.2, 0.25) is 0 Å². The number of nitrogens with zero attached hydrogens (tertiary/aromatic N) is 1. The lowest BCUT2D eigenvalue weighted by Gasteiger charge is -2.30. The van der Waals surface area contributed by atoms with Gasteiger partial charge < -0.3 is 10.2 Å². The minimum atomic E-state index is 0.159. The molecule has 0 aliphatic carbocycles. The summed E-state index contributed by atoms with van der Waals surface area (Å²) in [5, 5.41) is 3.34. The third-order valence-corrected chi connectivity index (χ3v) is 3.92. The van der Waals surface area contributed by atoms with Gasteiger partial charge in [-0.1, -0.05) is 19.1 Å². The molecule has 0 atom stereocenters. The number of nitrogens with one attached hydrogen (secondary N) is 1. The minimum absolute atomic E-state index is 0.159. The van der Waals surface area contributed by atoms with Crippen molar-refractivity contribution in [1.29, 1.82) is 0 Å². The Morgan fingerprint density at radius 3 is 2.33 bits per heavy atom. The molecule has 1 aromatic carbocycles. The van der Waals surface area contributed by atoms with Gasteiger partial charge in [0.1, 0.15) is 0 Å². The quantitative estimate of drug-likeness (QED) is 0.763. The van der Waals surface area contributed by atoms with Gasteiger partial charge in [-0.05, 0) is 51.4 Å². The SMILES string of the molecule is CCSc1ccc(CN(C)CC(C)(C)NC)cc1. The van der Waals surface area contributed by atoms with Crippen LogP contribution in [0.2, 0.25) is 0 Å². The Hall–Kier alpha value is -0.510. The molecule has 1 N–H and O–H groups in total. The highest BCUT2D eigenvalue weighted by atomic mass is 32.2. The van der Waals surface area contributed by atoms with Crippen molar-refractivity contribution in [3.05, 3.63) is 29.8 Å². The first-order chi connectivity index (χ1) is 8.46. The Morgan fingerprint density at radius 1 is 1.22 bits per heavy atom. The van der Waals surface area contributed by atoms with E-state index in [0.717, 1.165) is 18.8 Å². The number of likely N-dealkylation sites (N-methyl/N-ethyl adjacent to an activating group) is 2. The van der Waals surface area contributed by atoms with Crippen LogP contribution in [0.4, 0.5) is 0 Å². The fourth-order valence-electron chi connectivity index (χ4n) is 1.98. The molecule has 0 radical (unpaired) electrons. The van der Waals surface area contributed by atoms with Crippen LogP contribution in [0.1, 0.15) is 26.3 Å². The zero-order valence-electron chi connectivity index (χ0n) is 12.3. The zero-order valence-corrected chi connectivity index (χ0v) is 13.1. The lowest BCUT2D eigenvalue weighted by atomic mass is 10.1. The first-order valence-corrected chi connectivity index (χ1v) is 7.54. The van der Waals surface area contributed by atoms with Gasteiger partial charge in [0.25, 0.3) is 0 Å². The van der Waals surface area contributed by atoms with E-state index in [1.165, 1.54) is 10.5 Å². The standard InChI is InChI=1S/C15H26N2S/c1-6-18-14-9-7-13(8-10-14)11-17(5)12-15(2,3)16-4/h7-10,16H,6,11-12H2,1-5H3. The van der Waals surface area contributed by atoms with Gasteiger partial charge in [0, 0.05) is 23.5 Å². The minimum Gasteiger partial charge on any atom is -0.314 e. The van der Waals surface area contributed by atoms with Crippen LogP contribution in [0.5, 0.6) is 0 Å². The van der Waals surface area contributed by atoms with Gasteiger partial charge in [-0.2, -0.15) is 0 Å². The number of benzene rings is 1. The topological polar surface area (TPSA) is 15.3 Å². The fourth-order valence-corrected chi connectivity index (χ4v) is 2.64. The zero-order chi connectivity index (χ0) is 13.6. The van der Waals surface area contributed by atoms with E-state index in [9.17, 15) is 0 Å². The van der Waals surface area contributed by atoms with Crippen LogP contribution < -0.4 is 5.32 Å². The predicted molar refractivity (Wildman–Crippen MR) is 82.3 cm³/mol. The molecule has 0 saturated carbocycles. The van der Waals surface area contributed by atoms with Crippen LogP contribution in [0.25, 0.3) is 0 Å². The Morgan fingerprint density at radius 2 is 1.83 bits per heavy atom. The molecule has 2 nitrogen and oxygen atoms in total. The molecule has 0 spiro atoms. The summed E-state index contributed by atoms with van der Waals surface area (Å²) in [5.41, 5.74) is 1.54. The fraction of sp³-hybridized carbons (Fsp3) is 0.600. The van der Waals surface area contributed by atoms with Crippen molar-refractivity contribution < 1.29 is 0 Å². The van der Waals surface area contributed by atoms with Gasteiger partial charge in [-0.15, -0.1) is 11.8 Å². The van der Waals surface area contributed by atoms with E-state index < -0.39 is 0 Å². The molecule has 1 rings (SSSR count). The van der Waals surface area contributed by atoms with Crippen molar-refractivity contribution in [2.45, 2.75) is 37.8 Å². The monoisotopic (exact) mass is 266 g/mol. The van der Waals surface area contributed by atoms with Crippen LogP contribution in [-0.4, -0.2) is 36.8 Å². The maximum absolute atomic E-state index is 3.34. The second-order valence-electron chi connectivity index (χ2n) is 5.38. The Kier molecular flexibility index (Phi) is 6.19. The van der Waals surface area contributed by atoms with E-state index in [2.05, 4.69) is 62.3 Å². The van der Waals surface area contributed by atoms with E-state index >= 15 is 0 Å². The largest absolute Gasteiger partial charge is 0.314 e. The second kappa shape index (κ2) is 7.17. The van der Waals surface area contributed by atoms with Crippen LogP contribution in [0.3, 0.4) is 0 Å². The normalized spacial score (nSPS) is 12.1. The number of hydrogen-bond donors (Lipinski definition) is 1. The van der Waals surface area contributed by atoms with E-state index in [1.54, 1.807) is 0 Å². The summed E-state index contributed by atoms with van der Waals surface area (Å²) in [5.74, 6) is 1.13. The molecule has 0 heterocycles. The van der Waals surface area contributed by atoms with Crippen molar-refractivity contribution in [3.8, 4) is 0 Å². The van der Waals surface area contributed by atoms with Gasteiger partial charge in [0.05, 0.1) is 0 Å². The molecule has 0 unspecified atom stereocenters. The molecule has 1 aromatic rings. The Labute approximate surface area is 116 Å². The molecule has 0 fully saturated rings. The summed E-state index contributed by atoms with van der Waals surface area (Å²) < 4.78 is 0. The lowest BCUT2D eigenvalue weighted by molar-refractivity contribution is 0.238. The van der Waals surface area contributed by atoms with Crippen molar-refractivity contribution >= 4 is 11.8 Å². The number of thioether (sulfide) groups is 1. The summed E-state index contributed by atoms with van der Waals surface area (Å²) in [6.07, 6.45) is 0. The van der Waals surface area contributed by atoms with Crippen molar-refractivity contribution in [2.75, 3.05) is 26.4 Å². The molecule has 0 aromatic heterocycles. The second-order valence-corrected chi connectivity index (χ2v) is 6.72.